The van der Waals surface area contributed by atoms with Gasteiger partial charge >= 0.3 is 11.9 Å². The number of methoxy groups -OCH3 is 1. The largest absolute Gasteiger partial charge is 0.466 e. The van der Waals surface area contributed by atoms with E-state index in [1.54, 1.807) is 25.1 Å². The van der Waals surface area contributed by atoms with Crippen molar-refractivity contribution in [3.05, 3.63) is 46.5 Å². The van der Waals surface area contributed by atoms with Gasteiger partial charge in [0.15, 0.2) is 0 Å². The Hall–Kier alpha value is -1.81. The summed E-state index contributed by atoms with van der Waals surface area (Å²) >= 11 is 5.91. The summed E-state index contributed by atoms with van der Waals surface area (Å²) in [6.07, 6.45) is 1.80. The van der Waals surface area contributed by atoms with Crippen LogP contribution in [0, 0.1) is 17.3 Å². The highest BCUT2D eigenvalue weighted by Gasteiger charge is 2.61. The van der Waals surface area contributed by atoms with Gasteiger partial charge in [-0.2, -0.15) is 0 Å². The molecule has 2 unspecified atom stereocenters. The molecule has 1 aromatic rings. The Morgan fingerprint density at radius 1 is 1.35 bits per heavy atom. The monoisotopic (exact) mass is 336 g/mol. The van der Waals surface area contributed by atoms with Crippen LogP contribution in [0.5, 0.6) is 0 Å². The van der Waals surface area contributed by atoms with Crippen LogP contribution in [0.25, 0.3) is 0 Å². The van der Waals surface area contributed by atoms with Crippen molar-refractivity contribution in [1.29, 1.82) is 0 Å². The van der Waals surface area contributed by atoms with Crippen LogP contribution in [0.1, 0.15) is 26.3 Å². The number of halogens is 1. The number of hydrogen-bond donors (Lipinski definition) is 0. The minimum absolute atomic E-state index is 0.0199. The summed E-state index contributed by atoms with van der Waals surface area (Å²) in [5.74, 6) is -0.901. The van der Waals surface area contributed by atoms with Gasteiger partial charge in [-0.15, -0.1) is 0 Å². The number of ether oxygens (including phenoxy) is 2. The summed E-state index contributed by atoms with van der Waals surface area (Å²) in [4.78, 5) is 23.8. The van der Waals surface area contributed by atoms with Gasteiger partial charge in [0.25, 0.3) is 0 Å². The molecule has 5 heteroatoms. The first-order chi connectivity index (χ1) is 10.8. The van der Waals surface area contributed by atoms with Gasteiger partial charge in [-0.25, -0.2) is 4.79 Å². The van der Waals surface area contributed by atoms with Gasteiger partial charge in [0.1, 0.15) is 6.61 Å². The lowest BCUT2D eigenvalue weighted by molar-refractivity contribution is -0.147. The zero-order valence-electron chi connectivity index (χ0n) is 13.8. The molecule has 1 saturated carbocycles. The van der Waals surface area contributed by atoms with E-state index in [-0.39, 0.29) is 35.8 Å². The van der Waals surface area contributed by atoms with E-state index in [4.69, 9.17) is 16.3 Å². The fourth-order valence-corrected chi connectivity index (χ4v) is 3.02. The van der Waals surface area contributed by atoms with Crippen molar-refractivity contribution in [1.82, 2.24) is 0 Å². The molecule has 0 aromatic heterocycles. The van der Waals surface area contributed by atoms with Crippen LogP contribution in [0.4, 0.5) is 0 Å². The number of allylic oxidation sites excluding steroid dienone is 1. The number of hydrogen-bond acceptors (Lipinski definition) is 4. The molecule has 0 bridgehead atoms. The van der Waals surface area contributed by atoms with E-state index in [9.17, 15) is 9.59 Å². The highest BCUT2D eigenvalue weighted by molar-refractivity contribution is 6.30. The van der Waals surface area contributed by atoms with Gasteiger partial charge in [0, 0.05) is 10.6 Å². The van der Waals surface area contributed by atoms with Gasteiger partial charge in [-0.3, -0.25) is 4.79 Å². The van der Waals surface area contributed by atoms with Crippen molar-refractivity contribution in [2.24, 2.45) is 17.3 Å². The maximum atomic E-state index is 12.3. The first-order valence-electron chi connectivity index (χ1n) is 7.45. The minimum atomic E-state index is -0.376. The Labute approximate surface area is 141 Å². The normalized spacial score (nSPS) is 22.4. The summed E-state index contributed by atoms with van der Waals surface area (Å²) < 4.78 is 10.1. The molecular formula is C18H21ClO4. The molecule has 2 atom stereocenters. The lowest BCUT2D eigenvalue weighted by Gasteiger charge is -2.06. The molecule has 2 rings (SSSR count). The van der Waals surface area contributed by atoms with Crippen LogP contribution in [0.2, 0.25) is 5.02 Å². The second-order valence-electron chi connectivity index (χ2n) is 6.40. The SMILES string of the molecule is COC(=O)/C(C)=C/C1C(C(=O)OCc2cccc(Cl)c2)C1(C)C. The van der Waals surface area contributed by atoms with Crippen molar-refractivity contribution in [2.75, 3.05) is 7.11 Å². The number of carbonyl (C=O) groups excluding carboxylic acids is 2. The van der Waals surface area contributed by atoms with Crippen LogP contribution < -0.4 is 0 Å². The number of carbonyl (C=O) groups is 2. The number of esters is 2. The maximum Gasteiger partial charge on any atom is 0.333 e. The molecule has 0 amide bonds. The topological polar surface area (TPSA) is 52.6 Å². The average molecular weight is 337 g/mol. The third-order valence-corrected chi connectivity index (χ3v) is 4.61. The van der Waals surface area contributed by atoms with Crippen molar-refractivity contribution in [3.63, 3.8) is 0 Å². The first kappa shape index (κ1) is 17.5. The fraction of sp³-hybridized carbons (Fsp3) is 0.444. The zero-order chi connectivity index (χ0) is 17.2. The van der Waals surface area contributed by atoms with Crippen molar-refractivity contribution >= 4 is 23.5 Å². The Kier molecular flexibility index (Phi) is 5.15. The highest BCUT2D eigenvalue weighted by atomic mass is 35.5. The Morgan fingerprint density at radius 2 is 2.04 bits per heavy atom. The third kappa shape index (κ3) is 3.94. The molecule has 1 aliphatic carbocycles. The minimum Gasteiger partial charge on any atom is -0.466 e. The highest BCUT2D eigenvalue weighted by Crippen LogP contribution is 2.59. The van der Waals surface area contributed by atoms with E-state index in [1.165, 1.54) is 7.11 Å². The van der Waals surface area contributed by atoms with Crippen molar-refractivity contribution < 1.29 is 19.1 Å². The summed E-state index contributed by atoms with van der Waals surface area (Å²) in [6, 6.07) is 7.22. The summed E-state index contributed by atoms with van der Waals surface area (Å²) in [6.45, 7) is 5.86. The molecule has 0 heterocycles. The number of rotatable bonds is 5. The van der Waals surface area contributed by atoms with Gasteiger partial charge in [0.2, 0.25) is 0 Å². The van der Waals surface area contributed by atoms with Gasteiger partial charge in [-0.05, 0) is 36.0 Å². The summed E-state index contributed by atoms with van der Waals surface area (Å²) in [7, 11) is 1.34. The molecule has 124 valence electrons. The first-order valence-corrected chi connectivity index (χ1v) is 7.83. The molecule has 0 aliphatic heterocycles. The third-order valence-electron chi connectivity index (χ3n) is 4.37. The Bertz CT molecular complexity index is 648. The van der Waals surface area contributed by atoms with Gasteiger partial charge in [0.05, 0.1) is 13.0 Å². The molecule has 0 radical (unpaired) electrons. The lowest BCUT2D eigenvalue weighted by atomic mass is 10.1. The van der Waals surface area contributed by atoms with E-state index in [2.05, 4.69) is 4.74 Å². The Balaban J connectivity index is 1.98. The predicted octanol–water partition coefficient (Wildman–Crippen LogP) is 3.77. The van der Waals surface area contributed by atoms with Crippen LogP contribution in [0.15, 0.2) is 35.9 Å². The Morgan fingerprint density at radius 3 is 2.65 bits per heavy atom. The molecule has 0 saturated heterocycles. The summed E-state index contributed by atoms with van der Waals surface area (Å²) in [5.41, 5.74) is 1.14. The van der Waals surface area contributed by atoms with E-state index in [0.717, 1.165) is 5.56 Å². The van der Waals surface area contributed by atoms with E-state index in [0.29, 0.717) is 10.6 Å². The molecule has 1 fully saturated rings. The number of benzene rings is 1. The second kappa shape index (κ2) is 6.75. The van der Waals surface area contributed by atoms with E-state index >= 15 is 0 Å². The molecule has 0 spiro atoms. The van der Waals surface area contributed by atoms with Crippen LogP contribution in [0.3, 0.4) is 0 Å². The van der Waals surface area contributed by atoms with Gasteiger partial charge < -0.3 is 9.47 Å². The quantitative estimate of drug-likeness (QED) is 0.606. The standard InChI is InChI=1S/C18H21ClO4/c1-11(16(20)22-4)8-14-15(18(14,2)3)17(21)23-10-12-6-5-7-13(19)9-12/h5-9,14-15H,10H2,1-4H3/b11-8+. The molecule has 4 nitrogen and oxygen atoms in total. The fourth-order valence-electron chi connectivity index (χ4n) is 2.81. The van der Waals surface area contributed by atoms with E-state index < -0.39 is 0 Å². The van der Waals surface area contributed by atoms with Gasteiger partial charge in [-0.1, -0.05) is 43.7 Å². The van der Waals surface area contributed by atoms with Crippen molar-refractivity contribution in [2.45, 2.75) is 27.4 Å². The maximum absolute atomic E-state index is 12.3. The van der Waals surface area contributed by atoms with Crippen LogP contribution >= 0.6 is 11.6 Å². The zero-order valence-corrected chi connectivity index (χ0v) is 14.5. The second-order valence-corrected chi connectivity index (χ2v) is 6.84. The average Bonchev–Trinajstić information content (AvgIpc) is 3.04. The molecular weight excluding hydrogens is 316 g/mol. The van der Waals surface area contributed by atoms with E-state index in [1.807, 2.05) is 26.0 Å². The van der Waals surface area contributed by atoms with Crippen molar-refractivity contribution in [3.8, 4) is 0 Å². The molecule has 23 heavy (non-hydrogen) atoms. The molecule has 1 aromatic carbocycles. The van der Waals surface area contributed by atoms with Crippen LogP contribution in [-0.4, -0.2) is 19.0 Å². The predicted molar refractivity (Wildman–Crippen MR) is 87.8 cm³/mol. The molecule has 1 aliphatic rings. The summed E-state index contributed by atoms with van der Waals surface area (Å²) in [5, 5.41) is 0.611. The smallest absolute Gasteiger partial charge is 0.333 e. The molecule has 0 N–H and O–H groups in total. The lowest BCUT2D eigenvalue weighted by Crippen LogP contribution is -2.10. The van der Waals surface area contributed by atoms with Crippen LogP contribution in [-0.2, 0) is 25.7 Å².